The van der Waals surface area contributed by atoms with E-state index in [2.05, 4.69) is 4.72 Å². The van der Waals surface area contributed by atoms with Crippen LogP contribution in [0.15, 0.2) is 16.3 Å². The van der Waals surface area contributed by atoms with Crippen molar-refractivity contribution in [3.63, 3.8) is 0 Å². The minimum absolute atomic E-state index is 0.0214. The Labute approximate surface area is 111 Å². The van der Waals surface area contributed by atoms with Gasteiger partial charge in [0.25, 0.3) is 0 Å². The van der Waals surface area contributed by atoms with Crippen molar-refractivity contribution in [2.75, 3.05) is 0 Å². The molecule has 18 heavy (non-hydrogen) atoms. The van der Waals surface area contributed by atoms with E-state index in [4.69, 9.17) is 5.14 Å². The fourth-order valence-corrected chi connectivity index (χ4v) is 3.88. The summed E-state index contributed by atoms with van der Waals surface area (Å²) in [6.45, 7) is 4.79. The van der Waals surface area contributed by atoms with E-state index in [-0.39, 0.29) is 4.21 Å². The molecule has 3 N–H and O–H groups in total. The number of primary sulfonamides is 1. The van der Waals surface area contributed by atoms with E-state index < -0.39 is 31.3 Å². The Morgan fingerprint density at radius 3 is 2.11 bits per heavy atom. The summed E-state index contributed by atoms with van der Waals surface area (Å²) in [7, 11) is -7.13. The number of nitrogens with one attached hydrogen (secondary N) is 1. The molecule has 1 aromatic rings. The lowest BCUT2D eigenvalue weighted by Crippen LogP contribution is -2.32. The van der Waals surface area contributed by atoms with Crippen LogP contribution < -0.4 is 9.86 Å². The highest BCUT2D eigenvalue weighted by Crippen LogP contribution is 2.26. The summed E-state index contributed by atoms with van der Waals surface area (Å²) in [5.74, 6) is 0. The van der Waals surface area contributed by atoms with Crippen molar-refractivity contribution in [3.8, 4) is 0 Å². The zero-order valence-corrected chi connectivity index (χ0v) is 12.7. The Morgan fingerprint density at radius 1 is 1.17 bits per heavy atom. The first-order valence-electron chi connectivity index (χ1n) is 5.17. The average molecular weight is 312 g/mol. The number of thiophene rings is 1. The lowest BCUT2D eigenvalue weighted by Gasteiger charge is -2.14. The molecule has 0 spiro atoms. The summed E-state index contributed by atoms with van der Waals surface area (Å²) in [5.41, 5.74) is 0. The van der Waals surface area contributed by atoms with Crippen LogP contribution in [0.4, 0.5) is 0 Å². The van der Waals surface area contributed by atoms with Gasteiger partial charge in [0.05, 0.1) is 11.3 Å². The van der Waals surface area contributed by atoms with Crippen molar-refractivity contribution in [2.24, 2.45) is 5.14 Å². The lowest BCUT2D eigenvalue weighted by molar-refractivity contribution is 0.559. The molecule has 0 radical (unpaired) electrons. The van der Waals surface area contributed by atoms with Crippen molar-refractivity contribution < 1.29 is 16.8 Å². The Kier molecular flexibility index (Phi) is 4.55. The molecule has 0 aliphatic rings. The van der Waals surface area contributed by atoms with Gasteiger partial charge >= 0.3 is 0 Å². The largest absolute Gasteiger partial charge is 0.247 e. The maximum absolute atomic E-state index is 11.7. The molecule has 1 atom stereocenters. The number of sulfonamides is 2. The summed E-state index contributed by atoms with van der Waals surface area (Å²) in [6, 6.07) is 2.44. The maximum atomic E-state index is 11.7. The van der Waals surface area contributed by atoms with Crippen molar-refractivity contribution in [3.05, 3.63) is 17.0 Å². The van der Waals surface area contributed by atoms with Crippen molar-refractivity contribution in [2.45, 2.75) is 36.3 Å². The molecule has 0 saturated carbocycles. The first-order valence-corrected chi connectivity index (χ1v) is 9.08. The molecule has 0 fully saturated rings. The standard InChI is InChI=1S/C9H16N2O4S3/c1-6(2)18(14,15)11-7(3)8-4-5-9(16-8)17(10,12)13/h4-7,11H,1-3H3,(H2,10,12,13). The van der Waals surface area contributed by atoms with Crippen LogP contribution in [0.5, 0.6) is 0 Å². The number of nitrogens with two attached hydrogens (primary N) is 1. The third-order valence-electron chi connectivity index (χ3n) is 2.27. The second kappa shape index (κ2) is 5.25. The Hall–Kier alpha value is -0.480. The average Bonchev–Trinajstić information content (AvgIpc) is 2.64. The topological polar surface area (TPSA) is 106 Å². The zero-order valence-electron chi connectivity index (χ0n) is 10.2. The first-order chi connectivity index (χ1) is 8.04. The number of hydrogen-bond acceptors (Lipinski definition) is 5. The van der Waals surface area contributed by atoms with Gasteiger partial charge in [-0.05, 0) is 32.9 Å². The van der Waals surface area contributed by atoms with Gasteiger partial charge in [-0.1, -0.05) is 0 Å². The molecule has 104 valence electrons. The fraction of sp³-hybridized carbons (Fsp3) is 0.556. The van der Waals surface area contributed by atoms with Crippen LogP contribution >= 0.6 is 11.3 Å². The summed E-state index contributed by atoms with van der Waals surface area (Å²) >= 11 is 0.960. The van der Waals surface area contributed by atoms with E-state index in [1.165, 1.54) is 6.07 Å². The summed E-state index contributed by atoms with van der Waals surface area (Å²) in [4.78, 5) is 0.600. The lowest BCUT2D eigenvalue weighted by atomic mass is 10.3. The molecule has 0 aromatic carbocycles. The molecule has 1 rings (SSSR count). The highest BCUT2D eigenvalue weighted by atomic mass is 32.2. The number of hydrogen-bond donors (Lipinski definition) is 2. The highest BCUT2D eigenvalue weighted by Gasteiger charge is 2.21. The van der Waals surface area contributed by atoms with E-state index in [1.807, 2.05) is 0 Å². The molecule has 0 saturated heterocycles. The Morgan fingerprint density at radius 2 is 1.72 bits per heavy atom. The molecule has 6 nitrogen and oxygen atoms in total. The predicted molar refractivity (Wildman–Crippen MR) is 71.3 cm³/mol. The predicted octanol–water partition coefficient (Wildman–Crippen LogP) is 0.784. The summed E-state index contributed by atoms with van der Waals surface area (Å²) < 4.78 is 48.1. The molecule has 0 aliphatic carbocycles. The van der Waals surface area contributed by atoms with Gasteiger partial charge in [0.1, 0.15) is 4.21 Å². The molecule has 0 bridgehead atoms. The molecule has 9 heteroatoms. The molecule has 1 heterocycles. The maximum Gasteiger partial charge on any atom is 0.247 e. The van der Waals surface area contributed by atoms with E-state index in [0.29, 0.717) is 4.88 Å². The van der Waals surface area contributed by atoms with Gasteiger partial charge in [-0.3, -0.25) is 0 Å². The van der Waals surface area contributed by atoms with Crippen LogP contribution in [0.1, 0.15) is 31.7 Å². The molecular weight excluding hydrogens is 296 g/mol. The van der Waals surface area contributed by atoms with Gasteiger partial charge in [0, 0.05) is 4.88 Å². The van der Waals surface area contributed by atoms with Crippen molar-refractivity contribution >= 4 is 31.4 Å². The second-order valence-corrected chi connectivity index (χ2v) is 9.31. The smallest absolute Gasteiger partial charge is 0.224 e. The van der Waals surface area contributed by atoms with Crippen molar-refractivity contribution in [1.82, 2.24) is 4.72 Å². The SMILES string of the molecule is CC(NS(=O)(=O)C(C)C)c1ccc(S(N)(=O)=O)s1. The summed E-state index contributed by atoms with van der Waals surface area (Å²) in [6.07, 6.45) is 0. The van der Waals surface area contributed by atoms with E-state index >= 15 is 0 Å². The van der Waals surface area contributed by atoms with Crippen LogP contribution in [0.3, 0.4) is 0 Å². The van der Waals surface area contributed by atoms with Gasteiger partial charge in [-0.2, -0.15) is 0 Å². The third-order valence-corrected chi connectivity index (χ3v) is 6.90. The second-order valence-electron chi connectivity index (χ2n) is 4.14. The molecule has 0 aliphatic heterocycles. The van der Waals surface area contributed by atoms with E-state index in [1.54, 1.807) is 26.8 Å². The highest BCUT2D eigenvalue weighted by molar-refractivity contribution is 7.91. The van der Waals surface area contributed by atoms with Gasteiger partial charge in [0.2, 0.25) is 20.0 Å². The Balaban J connectivity index is 2.93. The van der Waals surface area contributed by atoms with Crippen LogP contribution in [0.25, 0.3) is 0 Å². The molecule has 1 unspecified atom stereocenters. The fourth-order valence-electron chi connectivity index (χ4n) is 1.16. The minimum Gasteiger partial charge on any atom is -0.224 e. The number of rotatable bonds is 5. The van der Waals surface area contributed by atoms with Crippen molar-refractivity contribution in [1.29, 1.82) is 0 Å². The van der Waals surface area contributed by atoms with Gasteiger partial charge in [-0.15, -0.1) is 11.3 Å². The molecule has 0 amide bonds. The first kappa shape index (κ1) is 15.6. The van der Waals surface area contributed by atoms with Gasteiger partial charge in [-0.25, -0.2) is 26.7 Å². The van der Waals surface area contributed by atoms with Crippen LogP contribution in [0.2, 0.25) is 0 Å². The quantitative estimate of drug-likeness (QED) is 0.838. The van der Waals surface area contributed by atoms with E-state index in [0.717, 1.165) is 11.3 Å². The van der Waals surface area contributed by atoms with E-state index in [9.17, 15) is 16.8 Å². The zero-order chi connectivity index (χ0) is 14.1. The van der Waals surface area contributed by atoms with Gasteiger partial charge in [0.15, 0.2) is 0 Å². The third kappa shape index (κ3) is 3.75. The monoisotopic (exact) mass is 312 g/mol. The normalized spacial score (nSPS) is 14.9. The van der Waals surface area contributed by atoms with Crippen LogP contribution in [0, 0.1) is 0 Å². The summed E-state index contributed by atoms with van der Waals surface area (Å²) in [5, 5.41) is 4.45. The Bertz CT molecular complexity index is 616. The van der Waals surface area contributed by atoms with Crippen LogP contribution in [-0.4, -0.2) is 22.1 Å². The minimum atomic E-state index is -3.73. The van der Waals surface area contributed by atoms with Crippen LogP contribution in [-0.2, 0) is 20.0 Å². The van der Waals surface area contributed by atoms with Gasteiger partial charge < -0.3 is 0 Å². The molecular formula is C9H16N2O4S3. The molecule has 1 aromatic heterocycles.